The van der Waals surface area contributed by atoms with E-state index in [9.17, 15) is 0 Å². The second-order valence-electron chi connectivity index (χ2n) is 6.36. The fourth-order valence-corrected chi connectivity index (χ4v) is 4.19. The number of piperidine rings is 3. The molecule has 0 radical (unpaired) electrons. The zero-order valence-electron chi connectivity index (χ0n) is 13.8. The zero-order chi connectivity index (χ0) is 16.0. The number of fused-ring (bicyclic) bond motifs is 2. The van der Waals surface area contributed by atoms with Crippen molar-refractivity contribution in [3.63, 3.8) is 0 Å². The SMILES string of the molecule is COc1cc([C@@H]2NN=C3C4CCN(CC4)[C@H]32)cc(OC)c1OC. The van der Waals surface area contributed by atoms with E-state index in [0.29, 0.717) is 29.2 Å². The monoisotopic (exact) mass is 317 g/mol. The fourth-order valence-electron chi connectivity index (χ4n) is 4.19. The molecule has 4 aliphatic heterocycles. The summed E-state index contributed by atoms with van der Waals surface area (Å²) >= 11 is 0. The van der Waals surface area contributed by atoms with E-state index < -0.39 is 0 Å². The van der Waals surface area contributed by atoms with Crippen molar-refractivity contribution in [2.45, 2.75) is 24.9 Å². The minimum absolute atomic E-state index is 0.141. The maximum absolute atomic E-state index is 5.49. The van der Waals surface area contributed by atoms with Crippen molar-refractivity contribution >= 4 is 5.71 Å². The number of ether oxygens (including phenoxy) is 3. The molecule has 0 aromatic heterocycles. The van der Waals surface area contributed by atoms with Gasteiger partial charge in [0, 0.05) is 5.92 Å². The summed E-state index contributed by atoms with van der Waals surface area (Å²) in [5.74, 6) is 2.65. The smallest absolute Gasteiger partial charge is 0.203 e. The third-order valence-corrected chi connectivity index (χ3v) is 5.34. The van der Waals surface area contributed by atoms with Crippen LogP contribution in [0.3, 0.4) is 0 Å². The highest BCUT2D eigenvalue weighted by atomic mass is 16.5. The van der Waals surface area contributed by atoms with Gasteiger partial charge in [-0.25, -0.2) is 0 Å². The van der Waals surface area contributed by atoms with Crippen LogP contribution in [-0.4, -0.2) is 51.1 Å². The fraction of sp³-hybridized carbons (Fsp3) is 0.588. The molecule has 1 aromatic rings. The van der Waals surface area contributed by atoms with E-state index in [1.807, 2.05) is 12.1 Å². The number of hydrazone groups is 1. The molecule has 0 unspecified atom stereocenters. The number of hydrogen-bond donors (Lipinski definition) is 1. The van der Waals surface area contributed by atoms with Crippen LogP contribution in [0.15, 0.2) is 17.2 Å². The molecule has 1 aromatic carbocycles. The van der Waals surface area contributed by atoms with Gasteiger partial charge in [-0.2, -0.15) is 5.10 Å². The van der Waals surface area contributed by atoms with Gasteiger partial charge in [0.05, 0.1) is 39.1 Å². The van der Waals surface area contributed by atoms with Crippen molar-refractivity contribution in [3.8, 4) is 17.2 Å². The van der Waals surface area contributed by atoms with Gasteiger partial charge >= 0.3 is 0 Å². The minimum atomic E-state index is 0.141. The van der Waals surface area contributed by atoms with E-state index in [2.05, 4.69) is 15.4 Å². The van der Waals surface area contributed by atoms with Crippen molar-refractivity contribution in [3.05, 3.63) is 17.7 Å². The topological polar surface area (TPSA) is 55.3 Å². The third-order valence-electron chi connectivity index (χ3n) is 5.34. The van der Waals surface area contributed by atoms with E-state index in [0.717, 1.165) is 18.7 Å². The van der Waals surface area contributed by atoms with E-state index in [4.69, 9.17) is 14.2 Å². The van der Waals surface area contributed by atoms with Crippen LogP contribution >= 0.6 is 0 Å². The molecule has 6 heteroatoms. The Hall–Kier alpha value is -1.95. The van der Waals surface area contributed by atoms with Crippen LogP contribution < -0.4 is 19.6 Å². The number of rotatable bonds is 4. The standard InChI is InChI=1S/C17H23N3O3/c1-21-12-8-11(9-13(22-2)17(12)23-3)15-16-14(18-19-15)10-4-6-20(16)7-5-10/h8-10,15-16,19H,4-7H2,1-3H3/t15-,16+/m0/s1. The van der Waals surface area contributed by atoms with Gasteiger partial charge in [-0.05, 0) is 43.6 Å². The molecule has 124 valence electrons. The average molecular weight is 317 g/mol. The summed E-state index contributed by atoms with van der Waals surface area (Å²) in [5, 5.41) is 4.66. The summed E-state index contributed by atoms with van der Waals surface area (Å²) < 4.78 is 16.4. The molecule has 0 amide bonds. The van der Waals surface area contributed by atoms with E-state index in [1.165, 1.54) is 18.6 Å². The van der Waals surface area contributed by atoms with Crippen LogP contribution in [0.4, 0.5) is 0 Å². The lowest BCUT2D eigenvalue weighted by atomic mass is 9.78. The second-order valence-corrected chi connectivity index (χ2v) is 6.36. The lowest BCUT2D eigenvalue weighted by Crippen LogP contribution is -2.56. The van der Waals surface area contributed by atoms with Crippen molar-refractivity contribution in [2.24, 2.45) is 11.0 Å². The van der Waals surface area contributed by atoms with Crippen LogP contribution in [0, 0.1) is 5.92 Å². The molecule has 3 fully saturated rings. The van der Waals surface area contributed by atoms with Gasteiger partial charge in [0.1, 0.15) is 0 Å². The summed E-state index contributed by atoms with van der Waals surface area (Å²) in [6.07, 6.45) is 2.47. The van der Waals surface area contributed by atoms with Gasteiger partial charge in [-0.15, -0.1) is 0 Å². The van der Waals surface area contributed by atoms with Crippen LogP contribution in [0.1, 0.15) is 24.4 Å². The number of nitrogens with zero attached hydrogens (tertiary/aromatic N) is 2. The Labute approximate surface area is 136 Å². The molecule has 4 heterocycles. The van der Waals surface area contributed by atoms with Crippen LogP contribution in [0.5, 0.6) is 17.2 Å². The molecule has 23 heavy (non-hydrogen) atoms. The maximum Gasteiger partial charge on any atom is 0.203 e. The maximum atomic E-state index is 5.49. The highest BCUT2D eigenvalue weighted by Gasteiger charge is 2.47. The average Bonchev–Trinajstić information content (AvgIpc) is 3.08. The summed E-state index contributed by atoms with van der Waals surface area (Å²) in [6, 6.07) is 4.55. The van der Waals surface area contributed by atoms with Gasteiger partial charge in [0.2, 0.25) is 5.75 Å². The molecule has 0 aliphatic carbocycles. The molecular formula is C17H23N3O3. The van der Waals surface area contributed by atoms with Gasteiger partial charge in [0.15, 0.2) is 11.5 Å². The van der Waals surface area contributed by atoms with Crippen LogP contribution in [-0.2, 0) is 0 Å². The normalized spacial score (nSPS) is 31.2. The van der Waals surface area contributed by atoms with Gasteiger partial charge < -0.3 is 19.6 Å². The first kappa shape index (κ1) is 14.6. The van der Waals surface area contributed by atoms with Crippen molar-refractivity contribution < 1.29 is 14.2 Å². The molecule has 3 saturated heterocycles. The Morgan fingerprint density at radius 1 is 1.04 bits per heavy atom. The van der Waals surface area contributed by atoms with Gasteiger partial charge in [0.25, 0.3) is 0 Å². The molecular weight excluding hydrogens is 294 g/mol. The molecule has 4 aliphatic rings. The highest BCUT2D eigenvalue weighted by Crippen LogP contribution is 2.44. The van der Waals surface area contributed by atoms with E-state index >= 15 is 0 Å². The Balaban J connectivity index is 1.71. The molecule has 6 nitrogen and oxygen atoms in total. The second kappa shape index (κ2) is 5.60. The lowest BCUT2D eigenvalue weighted by molar-refractivity contribution is 0.133. The first-order chi connectivity index (χ1) is 11.3. The Kier molecular flexibility index (Phi) is 3.56. The zero-order valence-corrected chi connectivity index (χ0v) is 13.8. The first-order valence-electron chi connectivity index (χ1n) is 8.13. The quantitative estimate of drug-likeness (QED) is 0.918. The van der Waals surface area contributed by atoms with Crippen LogP contribution in [0.25, 0.3) is 0 Å². The summed E-state index contributed by atoms with van der Waals surface area (Å²) in [4.78, 5) is 2.55. The highest BCUT2D eigenvalue weighted by molar-refractivity contribution is 5.95. The molecule has 0 saturated carbocycles. The summed E-state index contributed by atoms with van der Waals surface area (Å²) in [7, 11) is 4.93. The molecule has 2 bridgehead atoms. The molecule has 5 rings (SSSR count). The van der Waals surface area contributed by atoms with Crippen molar-refractivity contribution in [1.29, 1.82) is 0 Å². The minimum Gasteiger partial charge on any atom is -0.493 e. The number of hydrogen-bond acceptors (Lipinski definition) is 6. The number of nitrogens with one attached hydrogen (secondary N) is 1. The van der Waals surface area contributed by atoms with E-state index in [1.54, 1.807) is 21.3 Å². The van der Waals surface area contributed by atoms with E-state index in [-0.39, 0.29) is 6.04 Å². The van der Waals surface area contributed by atoms with Gasteiger partial charge in [-0.3, -0.25) is 4.90 Å². The Morgan fingerprint density at radius 2 is 1.70 bits per heavy atom. The number of methoxy groups -OCH3 is 3. The molecule has 1 N–H and O–H groups in total. The molecule has 0 spiro atoms. The first-order valence-corrected chi connectivity index (χ1v) is 8.13. The predicted octanol–water partition coefficient (Wildman–Crippen LogP) is 1.81. The van der Waals surface area contributed by atoms with Gasteiger partial charge in [-0.1, -0.05) is 0 Å². The largest absolute Gasteiger partial charge is 0.493 e. The predicted molar refractivity (Wildman–Crippen MR) is 87.5 cm³/mol. The number of benzene rings is 1. The Morgan fingerprint density at radius 3 is 2.26 bits per heavy atom. The lowest BCUT2D eigenvalue weighted by Gasteiger charge is -2.45. The van der Waals surface area contributed by atoms with Crippen LogP contribution in [0.2, 0.25) is 0 Å². The Bertz CT molecular complexity index is 613. The van der Waals surface area contributed by atoms with Crippen molar-refractivity contribution in [2.75, 3.05) is 34.4 Å². The summed E-state index contributed by atoms with van der Waals surface area (Å²) in [6.45, 7) is 2.33. The third kappa shape index (κ3) is 2.16. The van der Waals surface area contributed by atoms with Crippen molar-refractivity contribution in [1.82, 2.24) is 10.3 Å². The molecule has 2 atom stereocenters. The summed E-state index contributed by atoms with van der Waals surface area (Å²) in [5.41, 5.74) is 5.79.